The van der Waals surface area contributed by atoms with E-state index in [-0.39, 0.29) is 5.92 Å². The summed E-state index contributed by atoms with van der Waals surface area (Å²) in [5.41, 5.74) is 0.784. The van der Waals surface area contributed by atoms with Crippen LogP contribution >= 0.6 is 27.7 Å². The summed E-state index contributed by atoms with van der Waals surface area (Å²) in [6.45, 7) is 2.03. The van der Waals surface area contributed by atoms with Crippen LogP contribution in [0, 0.1) is 5.92 Å². The van der Waals surface area contributed by atoms with E-state index in [4.69, 9.17) is 9.47 Å². The van der Waals surface area contributed by atoms with E-state index in [1.54, 1.807) is 26.0 Å². The monoisotopic (exact) mass is 334 g/mol. The summed E-state index contributed by atoms with van der Waals surface area (Å²) in [5.74, 6) is 2.39. The third kappa shape index (κ3) is 3.33. The Kier molecular flexibility index (Phi) is 6.32. The molecular formula is C13H19BrO3S. The van der Waals surface area contributed by atoms with E-state index in [9.17, 15) is 5.11 Å². The summed E-state index contributed by atoms with van der Waals surface area (Å²) in [4.78, 5) is 0. The first-order valence-electron chi connectivity index (χ1n) is 5.64. The van der Waals surface area contributed by atoms with Gasteiger partial charge < -0.3 is 14.6 Å². The van der Waals surface area contributed by atoms with Crippen molar-refractivity contribution in [2.24, 2.45) is 5.92 Å². The molecule has 3 nitrogen and oxygen atoms in total. The topological polar surface area (TPSA) is 38.7 Å². The van der Waals surface area contributed by atoms with Gasteiger partial charge in [-0.1, -0.05) is 6.92 Å². The fourth-order valence-corrected chi connectivity index (χ4v) is 3.20. The molecule has 0 heterocycles. The van der Waals surface area contributed by atoms with Gasteiger partial charge in [0, 0.05) is 5.56 Å². The number of thioether (sulfide) groups is 1. The van der Waals surface area contributed by atoms with E-state index in [1.807, 2.05) is 25.3 Å². The van der Waals surface area contributed by atoms with Crippen molar-refractivity contribution in [2.45, 2.75) is 13.0 Å². The molecule has 1 rings (SSSR count). The minimum atomic E-state index is -0.547. The van der Waals surface area contributed by atoms with Gasteiger partial charge in [-0.2, -0.15) is 11.8 Å². The molecule has 1 N–H and O–H groups in total. The average molecular weight is 335 g/mol. The van der Waals surface area contributed by atoms with Crippen molar-refractivity contribution in [1.82, 2.24) is 0 Å². The van der Waals surface area contributed by atoms with Crippen LogP contribution in [0.3, 0.4) is 0 Å². The molecule has 0 spiro atoms. The van der Waals surface area contributed by atoms with Gasteiger partial charge in [0.15, 0.2) is 0 Å². The summed E-state index contributed by atoms with van der Waals surface area (Å²) in [7, 11) is 3.20. The number of benzene rings is 1. The SMILES string of the molecule is COc1ccc(C(O)C(C)CSC)c(OC)c1Br. The van der Waals surface area contributed by atoms with Crippen LogP contribution in [0.5, 0.6) is 11.5 Å². The number of halogens is 1. The van der Waals surface area contributed by atoms with Gasteiger partial charge in [-0.25, -0.2) is 0 Å². The van der Waals surface area contributed by atoms with E-state index in [0.29, 0.717) is 11.5 Å². The van der Waals surface area contributed by atoms with Crippen molar-refractivity contribution in [3.8, 4) is 11.5 Å². The molecule has 0 aliphatic rings. The van der Waals surface area contributed by atoms with Gasteiger partial charge in [-0.15, -0.1) is 0 Å². The van der Waals surface area contributed by atoms with Crippen molar-refractivity contribution in [2.75, 3.05) is 26.2 Å². The molecule has 5 heteroatoms. The highest BCUT2D eigenvalue weighted by molar-refractivity contribution is 9.10. The molecule has 0 amide bonds. The number of hydrogen-bond acceptors (Lipinski definition) is 4. The number of methoxy groups -OCH3 is 2. The Morgan fingerprint density at radius 3 is 2.50 bits per heavy atom. The lowest BCUT2D eigenvalue weighted by Gasteiger charge is -2.22. The molecule has 0 aliphatic carbocycles. The number of aliphatic hydroxyl groups is 1. The maximum atomic E-state index is 10.4. The van der Waals surface area contributed by atoms with Crippen molar-refractivity contribution in [3.05, 3.63) is 22.2 Å². The lowest BCUT2D eigenvalue weighted by atomic mass is 9.98. The van der Waals surface area contributed by atoms with Gasteiger partial charge in [0.2, 0.25) is 0 Å². The molecular weight excluding hydrogens is 316 g/mol. The fraction of sp³-hybridized carbons (Fsp3) is 0.538. The molecule has 0 saturated carbocycles. The fourth-order valence-electron chi connectivity index (χ4n) is 1.81. The van der Waals surface area contributed by atoms with Gasteiger partial charge in [-0.3, -0.25) is 0 Å². The molecule has 0 aliphatic heterocycles. The minimum absolute atomic E-state index is 0.161. The van der Waals surface area contributed by atoms with Crippen LogP contribution in [0.15, 0.2) is 16.6 Å². The first kappa shape index (κ1) is 15.7. The zero-order valence-corrected chi connectivity index (χ0v) is 13.5. The van der Waals surface area contributed by atoms with Crippen LogP contribution in [0.1, 0.15) is 18.6 Å². The highest BCUT2D eigenvalue weighted by Gasteiger charge is 2.22. The molecule has 1 aromatic carbocycles. The van der Waals surface area contributed by atoms with Gasteiger partial charge in [-0.05, 0) is 46.0 Å². The average Bonchev–Trinajstić information content (AvgIpc) is 2.37. The van der Waals surface area contributed by atoms with Crippen LogP contribution in [0.4, 0.5) is 0 Å². The molecule has 2 atom stereocenters. The van der Waals surface area contributed by atoms with Gasteiger partial charge in [0.1, 0.15) is 16.0 Å². The first-order chi connectivity index (χ1) is 8.56. The van der Waals surface area contributed by atoms with E-state index in [1.165, 1.54) is 0 Å². The van der Waals surface area contributed by atoms with Crippen LogP contribution in [0.2, 0.25) is 0 Å². The Labute approximate surface area is 121 Å². The Morgan fingerprint density at radius 1 is 1.33 bits per heavy atom. The summed E-state index contributed by atoms with van der Waals surface area (Å²) >= 11 is 5.16. The Hall–Kier alpha value is -0.390. The third-order valence-corrected chi connectivity index (χ3v) is 4.41. The first-order valence-corrected chi connectivity index (χ1v) is 7.82. The number of ether oxygens (including phenoxy) is 2. The lowest BCUT2D eigenvalue weighted by molar-refractivity contribution is 0.125. The van der Waals surface area contributed by atoms with Gasteiger partial charge in [0.05, 0.1) is 20.3 Å². The lowest BCUT2D eigenvalue weighted by Crippen LogP contribution is -2.13. The molecule has 0 fully saturated rings. The zero-order valence-electron chi connectivity index (χ0n) is 11.1. The van der Waals surface area contributed by atoms with Gasteiger partial charge in [0.25, 0.3) is 0 Å². The maximum absolute atomic E-state index is 10.4. The number of hydrogen-bond donors (Lipinski definition) is 1. The van der Waals surface area contributed by atoms with Crippen molar-refractivity contribution < 1.29 is 14.6 Å². The smallest absolute Gasteiger partial charge is 0.142 e. The third-order valence-electron chi connectivity index (χ3n) is 2.80. The van der Waals surface area contributed by atoms with Crippen LogP contribution in [0.25, 0.3) is 0 Å². The Bertz CT molecular complexity index is 398. The maximum Gasteiger partial charge on any atom is 0.142 e. The van der Waals surface area contributed by atoms with Gasteiger partial charge >= 0.3 is 0 Å². The highest BCUT2D eigenvalue weighted by atomic mass is 79.9. The normalized spacial score (nSPS) is 14.1. The minimum Gasteiger partial charge on any atom is -0.495 e. The second-order valence-corrected chi connectivity index (χ2v) is 5.79. The Balaban J connectivity index is 3.12. The van der Waals surface area contributed by atoms with E-state index in [2.05, 4.69) is 15.9 Å². The van der Waals surface area contributed by atoms with Crippen LogP contribution in [-0.4, -0.2) is 31.3 Å². The molecule has 0 bridgehead atoms. The quantitative estimate of drug-likeness (QED) is 0.864. The molecule has 2 unspecified atom stereocenters. The molecule has 0 aromatic heterocycles. The number of aliphatic hydroxyl groups excluding tert-OH is 1. The molecule has 0 radical (unpaired) electrons. The Morgan fingerprint density at radius 2 is 2.00 bits per heavy atom. The van der Waals surface area contributed by atoms with Crippen LogP contribution in [-0.2, 0) is 0 Å². The van der Waals surface area contributed by atoms with Crippen molar-refractivity contribution in [1.29, 1.82) is 0 Å². The van der Waals surface area contributed by atoms with Crippen LogP contribution < -0.4 is 9.47 Å². The zero-order chi connectivity index (χ0) is 13.7. The predicted octanol–water partition coefficient (Wildman–Crippen LogP) is 3.50. The molecule has 102 valence electrons. The largest absolute Gasteiger partial charge is 0.495 e. The van der Waals surface area contributed by atoms with E-state index in [0.717, 1.165) is 15.8 Å². The van der Waals surface area contributed by atoms with E-state index >= 15 is 0 Å². The van der Waals surface area contributed by atoms with E-state index < -0.39 is 6.10 Å². The summed E-state index contributed by atoms with van der Waals surface area (Å²) in [5, 5.41) is 10.4. The van der Waals surface area contributed by atoms with Crippen molar-refractivity contribution in [3.63, 3.8) is 0 Å². The summed E-state index contributed by atoms with van der Waals surface area (Å²) in [6.07, 6.45) is 1.49. The molecule has 1 aromatic rings. The van der Waals surface area contributed by atoms with Crippen molar-refractivity contribution >= 4 is 27.7 Å². The summed E-state index contributed by atoms with van der Waals surface area (Å²) in [6, 6.07) is 3.68. The molecule has 18 heavy (non-hydrogen) atoms. The molecule has 0 saturated heterocycles. The standard InChI is InChI=1S/C13H19BrO3S/c1-8(7-18-4)12(15)9-5-6-10(16-2)11(14)13(9)17-3/h5-6,8,12,15H,7H2,1-4H3. The second kappa shape index (κ2) is 7.26. The number of rotatable bonds is 6. The highest BCUT2D eigenvalue weighted by Crippen LogP contribution is 2.41. The second-order valence-electron chi connectivity index (χ2n) is 4.08. The summed E-state index contributed by atoms with van der Waals surface area (Å²) < 4.78 is 11.3. The predicted molar refractivity (Wildman–Crippen MR) is 79.8 cm³/mol.